The van der Waals surface area contributed by atoms with Gasteiger partial charge in [0.15, 0.2) is 0 Å². The maximum Gasteiger partial charge on any atom is 0.339 e. The Labute approximate surface area is 131 Å². The Kier molecular flexibility index (Phi) is 4.85. The lowest BCUT2D eigenvalue weighted by atomic mass is 10.1. The number of aryl methyl sites for hydroxylation is 1. The van der Waals surface area contributed by atoms with Crippen LogP contribution in [0.2, 0.25) is 0 Å². The zero-order valence-electron chi connectivity index (χ0n) is 11.7. The van der Waals surface area contributed by atoms with Gasteiger partial charge in [-0.25, -0.2) is 4.79 Å². The fraction of sp³-hybridized carbons (Fsp3) is 0.188. The minimum Gasteiger partial charge on any atom is -0.496 e. The van der Waals surface area contributed by atoms with E-state index in [-0.39, 0.29) is 12.2 Å². The Morgan fingerprint density at radius 3 is 2.67 bits per heavy atom. The number of carbonyl (C=O) groups is 1. The highest BCUT2D eigenvalue weighted by Crippen LogP contribution is 2.29. The van der Waals surface area contributed by atoms with Gasteiger partial charge in [-0.1, -0.05) is 34.1 Å². The Bertz CT molecular complexity index is 667. The summed E-state index contributed by atoms with van der Waals surface area (Å²) in [6.45, 7) is 2.06. The van der Waals surface area contributed by atoms with E-state index in [1.807, 2.05) is 37.3 Å². The minimum absolute atomic E-state index is 0.136. The summed E-state index contributed by atoms with van der Waals surface area (Å²) in [5, 5.41) is 9.29. The zero-order valence-corrected chi connectivity index (χ0v) is 13.3. The van der Waals surface area contributed by atoms with Crippen LogP contribution < -0.4 is 9.47 Å². The van der Waals surface area contributed by atoms with Gasteiger partial charge >= 0.3 is 5.97 Å². The van der Waals surface area contributed by atoms with Gasteiger partial charge in [0.05, 0.1) is 7.11 Å². The molecule has 0 saturated heterocycles. The maximum absolute atomic E-state index is 11.3. The minimum atomic E-state index is -1.02. The Balaban J connectivity index is 2.30. The molecule has 0 radical (unpaired) electrons. The van der Waals surface area contributed by atoms with E-state index in [1.54, 1.807) is 7.11 Å². The first kappa shape index (κ1) is 15.4. The number of aromatic carboxylic acids is 1. The first-order valence-electron chi connectivity index (χ1n) is 6.31. The van der Waals surface area contributed by atoms with Crippen LogP contribution in [0.1, 0.15) is 21.5 Å². The fourth-order valence-corrected chi connectivity index (χ4v) is 2.62. The van der Waals surface area contributed by atoms with Gasteiger partial charge in [0.2, 0.25) is 0 Å². The molecule has 0 unspecified atom stereocenters. The van der Waals surface area contributed by atoms with Crippen molar-refractivity contribution in [3.05, 3.63) is 57.6 Å². The number of carboxylic acid groups (broad SMARTS) is 1. The smallest absolute Gasteiger partial charge is 0.339 e. The molecular weight excluding hydrogens is 336 g/mol. The van der Waals surface area contributed by atoms with Crippen LogP contribution in [0.15, 0.2) is 40.9 Å². The second-order valence-corrected chi connectivity index (χ2v) is 5.42. The number of halogens is 1. The summed E-state index contributed by atoms with van der Waals surface area (Å²) in [6, 6.07) is 10.8. The number of benzene rings is 2. The van der Waals surface area contributed by atoms with Crippen LogP contribution in [0, 0.1) is 6.92 Å². The van der Waals surface area contributed by atoms with Crippen LogP contribution in [0.5, 0.6) is 11.5 Å². The summed E-state index contributed by atoms with van der Waals surface area (Å²) in [5.41, 5.74) is 1.76. The van der Waals surface area contributed by atoms with Crippen LogP contribution in [0.25, 0.3) is 0 Å². The molecule has 2 rings (SSSR count). The van der Waals surface area contributed by atoms with E-state index >= 15 is 0 Å². The highest BCUT2D eigenvalue weighted by atomic mass is 79.9. The van der Waals surface area contributed by atoms with Crippen molar-refractivity contribution in [2.24, 2.45) is 0 Å². The van der Waals surface area contributed by atoms with Crippen molar-refractivity contribution in [3.63, 3.8) is 0 Å². The van der Waals surface area contributed by atoms with Gasteiger partial charge in [0.1, 0.15) is 23.7 Å². The molecule has 2 aromatic rings. The topological polar surface area (TPSA) is 55.8 Å². The highest BCUT2D eigenvalue weighted by Gasteiger charge is 2.16. The largest absolute Gasteiger partial charge is 0.496 e. The van der Waals surface area contributed by atoms with Crippen molar-refractivity contribution < 1.29 is 19.4 Å². The summed E-state index contributed by atoms with van der Waals surface area (Å²) < 4.78 is 11.7. The Morgan fingerprint density at radius 2 is 2.00 bits per heavy atom. The molecule has 0 aliphatic rings. The molecule has 0 bridgehead atoms. The molecule has 0 fully saturated rings. The SMILES string of the molecule is COc1ccccc1COc1c(C)cc(Br)cc1C(=O)O. The van der Waals surface area contributed by atoms with Crippen LogP contribution in [-0.2, 0) is 6.61 Å². The zero-order chi connectivity index (χ0) is 15.4. The lowest BCUT2D eigenvalue weighted by molar-refractivity contribution is 0.0691. The van der Waals surface area contributed by atoms with Crippen molar-refractivity contribution in [2.75, 3.05) is 7.11 Å². The van der Waals surface area contributed by atoms with Crippen LogP contribution in [-0.4, -0.2) is 18.2 Å². The van der Waals surface area contributed by atoms with E-state index in [4.69, 9.17) is 9.47 Å². The molecule has 0 aromatic heterocycles. The molecule has 0 amide bonds. The average molecular weight is 351 g/mol. The molecule has 0 aliphatic carbocycles. The average Bonchev–Trinajstić information content (AvgIpc) is 2.45. The van der Waals surface area contributed by atoms with E-state index in [9.17, 15) is 9.90 Å². The van der Waals surface area contributed by atoms with Gasteiger partial charge in [-0.05, 0) is 30.7 Å². The van der Waals surface area contributed by atoms with E-state index in [1.165, 1.54) is 6.07 Å². The molecule has 5 heteroatoms. The third kappa shape index (κ3) is 3.55. The summed E-state index contributed by atoms with van der Waals surface area (Å²) >= 11 is 3.30. The van der Waals surface area contributed by atoms with Gasteiger partial charge in [0.25, 0.3) is 0 Å². The molecule has 2 aromatic carbocycles. The van der Waals surface area contributed by atoms with Gasteiger partial charge in [-0.15, -0.1) is 0 Å². The number of methoxy groups -OCH3 is 1. The number of para-hydroxylation sites is 1. The summed E-state index contributed by atoms with van der Waals surface area (Å²) in [6.07, 6.45) is 0. The molecule has 1 N–H and O–H groups in total. The highest BCUT2D eigenvalue weighted by molar-refractivity contribution is 9.10. The van der Waals surface area contributed by atoms with Crippen molar-refractivity contribution >= 4 is 21.9 Å². The summed E-state index contributed by atoms with van der Waals surface area (Å²) in [4.78, 5) is 11.3. The fourth-order valence-electron chi connectivity index (χ4n) is 2.05. The predicted molar refractivity (Wildman–Crippen MR) is 83.2 cm³/mol. The molecule has 0 atom stereocenters. The predicted octanol–water partition coefficient (Wildman–Crippen LogP) is 4.04. The number of hydrogen-bond acceptors (Lipinski definition) is 3. The maximum atomic E-state index is 11.3. The molecule has 0 saturated carbocycles. The normalized spacial score (nSPS) is 10.2. The molecule has 21 heavy (non-hydrogen) atoms. The van der Waals surface area contributed by atoms with E-state index in [2.05, 4.69) is 15.9 Å². The standard InChI is InChI=1S/C16H15BrO4/c1-10-7-12(17)8-13(16(18)19)15(10)21-9-11-5-3-4-6-14(11)20-2/h3-8H,9H2,1-2H3,(H,18,19). The van der Waals surface area contributed by atoms with E-state index in [0.717, 1.165) is 11.1 Å². The van der Waals surface area contributed by atoms with E-state index in [0.29, 0.717) is 16.0 Å². The first-order chi connectivity index (χ1) is 10.0. The molecule has 0 heterocycles. The third-order valence-corrected chi connectivity index (χ3v) is 3.49. The van der Waals surface area contributed by atoms with Crippen molar-refractivity contribution in [2.45, 2.75) is 13.5 Å². The molecule has 110 valence electrons. The van der Waals surface area contributed by atoms with Crippen molar-refractivity contribution in [1.82, 2.24) is 0 Å². The Hall–Kier alpha value is -2.01. The van der Waals surface area contributed by atoms with E-state index < -0.39 is 5.97 Å². The van der Waals surface area contributed by atoms with Crippen LogP contribution in [0.3, 0.4) is 0 Å². The number of carboxylic acids is 1. The third-order valence-electron chi connectivity index (χ3n) is 3.03. The number of ether oxygens (including phenoxy) is 2. The first-order valence-corrected chi connectivity index (χ1v) is 7.10. The second kappa shape index (κ2) is 6.63. The molecular formula is C16H15BrO4. The second-order valence-electron chi connectivity index (χ2n) is 4.51. The number of rotatable bonds is 5. The molecule has 4 nitrogen and oxygen atoms in total. The quantitative estimate of drug-likeness (QED) is 0.883. The van der Waals surface area contributed by atoms with Gasteiger partial charge < -0.3 is 14.6 Å². The van der Waals surface area contributed by atoms with Crippen LogP contribution in [0.4, 0.5) is 0 Å². The number of hydrogen-bond donors (Lipinski definition) is 1. The van der Waals surface area contributed by atoms with Crippen LogP contribution >= 0.6 is 15.9 Å². The summed E-state index contributed by atoms with van der Waals surface area (Å²) in [7, 11) is 1.59. The Morgan fingerprint density at radius 1 is 1.29 bits per heavy atom. The monoisotopic (exact) mass is 350 g/mol. The summed E-state index contributed by atoms with van der Waals surface area (Å²) in [5.74, 6) is 0.0650. The van der Waals surface area contributed by atoms with Gasteiger partial charge in [-0.3, -0.25) is 0 Å². The lowest BCUT2D eigenvalue weighted by Gasteiger charge is -2.14. The molecule has 0 spiro atoms. The lowest BCUT2D eigenvalue weighted by Crippen LogP contribution is -2.06. The molecule has 0 aliphatic heterocycles. The van der Waals surface area contributed by atoms with Gasteiger partial charge in [0, 0.05) is 10.0 Å². The van der Waals surface area contributed by atoms with Crippen molar-refractivity contribution in [1.29, 1.82) is 0 Å². The van der Waals surface area contributed by atoms with Crippen molar-refractivity contribution in [3.8, 4) is 11.5 Å². The van der Waals surface area contributed by atoms with Gasteiger partial charge in [-0.2, -0.15) is 0 Å².